The van der Waals surface area contributed by atoms with E-state index in [1.165, 1.54) is 0 Å². The Kier molecular flexibility index (Phi) is 5.52. The van der Waals surface area contributed by atoms with Gasteiger partial charge in [0.25, 0.3) is 5.91 Å². The number of benzene rings is 2. The Labute approximate surface area is 170 Å². The van der Waals surface area contributed by atoms with Crippen LogP contribution in [0.25, 0.3) is 10.9 Å². The van der Waals surface area contributed by atoms with E-state index in [2.05, 4.69) is 31.1 Å². The molecule has 0 radical (unpaired) electrons. The molecule has 0 atom stereocenters. The number of azo groups is 1. The molecule has 0 saturated carbocycles. The van der Waals surface area contributed by atoms with Crippen molar-refractivity contribution in [1.82, 2.24) is 4.98 Å². The van der Waals surface area contributed by atoms with Crippen LogP contribution >= 0.6 is 15.9 Å². The third-order valence-electron chi connectivity index (χ3n) is 3.98. The lowest BCUT2D eigenvalue weighted by molar-refractivity contribution is -0.116. The molecule has 1 aromatic heterocycles. The number of fused-ring (bicyclic) bond motifs is 1. The van der Waals surface area contributed by atoms with Crippen LogP contribution in [-0.4, -0.2) is 37.2 Å². The first-order chi connectivity index (χ1) is 13.1. The van der Waals surface area contributed by atoms with Crippen molar-refractivity contribution in [1.29, 1.82) is 0 Å². The van der Waals surface area contributed by atoms with Gasteiger partial charge in [-0.25, -0.2) is 8.42 Å². The molecule has 0 aliphatic rings. The number of aryl methyl sites for hydroxylation is 1. The van der Waals surface area contributed by atoms with E-state index in [-0.39, 0.29) is 11.6 Å². The van der Waals surface area contributed by atoms with E-state index < -0.39 is 22.5 Å². The molecule has 0 bridgehead atoms. The first-order valence-electron chi connectivity index (χ1n) is 8.14. The number of nitrogens with zero attached hydrogens (tertiary/aromatic N) is 3. The smallest absolute Gasteiger partial charge is 0.285 e. The predicted molar refractivity (Wildman–Crippen MR) is 111 cm³/mol. The molecule has 1 heterocycles. The number of aromatic nitrogens is 1. The number of carbonyl (C=O) groups is 1. The molecule has 2 N–H and O–H groups in total. The van der Waals surface area contributed by atoms with Gasteiger partial charge in [0, 0.05) is 9.86 Å². The number of nitrogens with one attached hydrogen (secondary N) is 1. The minimum Gasteiger partial charge on any atom is -0.493 e. The molecule has 28 heavy (non-hydrogen) atoms. The highest BCUT2D eigenvalue weighted by Crippen LogP contribution is 2.36. The second-order valence-electron chi connectivity index (χ2n) is 6.21. The van der Waals surface area contributed by atoms with Crippen LogP contribution in [0, 0.1) is 6.92 Å². The lowest BCUT2D eigenvalue weighted by Gasteiger charge is -2.20. The van der Waals surface area contributed by atoms with Gasteiger partial charge in [0.1, 0.15) is 6.54 Å². The van der Waals surface area contributed by atoms with Crippen LogP contribution in [0.3, 0.4) is 0 Å². The number of hydrogen-bond donors (Lipinski definition) is 2. The van der Waals surface area contributed by atoms with Gasteiger partial charge in [0.05, 0.1) is 17.5 Å². The molecule has 0 unspecified atom stereocenters. The van der Waals surface area contributed by atoms with Gasteiger partial charge in [0.2, 0.25) is 15.9 Å². The summed E-state index contributed by atoms with van der Waals surface area (Å²) in [5, 5.41) is 18.0. The topological polar surface area (TPSA) is 115 Å². The summed E-state index contributed by atoms with van der Waals surface area (Å²) in [6.45, 7) is 1.37. The van der Waals surface area contributed by atoms with Crippen molar-refractivity contribution in [3.63, 3.8) is 0 Å². The summed E-state index contributed by atoms with van der Waals surface area (Å²) in [7, 11) is -3.70. The van der Waals surface area contributed by atoms with Gasteiger partial charge in [-0.2, -0.15) is 0 Å². The number of hydrogen-bond acceptors (Lipinski definition) is 5. The van der Waals surface area contributed by atoms with Gasteiger partial charge in [0.15, 0.2) is 5.69 Å². The second kappa shape index (κ2) is 7.72. The molecule has 0 saturated heterocycles. The number of rotatable bonds is 5. The third kappa shape index (κ3) is 4.39. The van der Waals surface area contributed by atoms with Crippen molar-refractivity contribution >= 4 is 54.1 Å². The molecule has 8 nitrogen and oxygen atoms in total. The average molecular weight is 465 g/mol. The van der Waals surface area contributed by atoms with Gasteiger partial charge in [-0.15, -0.1) is 10.2 Å². The summed E-state index contributed by atoms with van der Waals surface area (Å²) in [5.41, 5.74) is 2.05. The van der Waals surface area contributed by atoms with E-state index in [1.807, 2.05) is 6.92 Å². The molecule has 2 aromatic carbocycles. The van der Waals surface area contributed by atoms with Crippen LogP contribution in [0.15, 0.2) is 57.2 Å². The van der Waals surface area contributed by atoms with Gasteiger partial charge in [-0.3, -0.25) is 9.10 Å². The molecule has 0 spiro atoms. The number of sulfonamides is 1. The van der Waals surface area contributed by atoms with Crippen molar-refractivity contribution in [3.8, 4) is 5.88 Å². The van der Waals surface area contributed by atoms with Crippen molar-refractivity contribution < 1.29 is 18.3 Å². The Bertz CT molecular complexity index is 1170. The maximum Gasteiger partial charge on any atom is 0.285 e. The van der Waals surface area contributed by atoms with Gasteiger partial charge >= 0.3 is 0 Å². The maximum absolute atomic E-state index is 12.3. The molecule has 146 valence electrons. The molecule has 0 fully saturated rings. The number of aromatic hydroxyl groups is 1. The van der Waals surface area contributed by atoms with E-state index in [0.29, 0.717) is 16.6 Å². The minimum absolute atomic E-state index is 0.103. The quantitative estimate of drug-likeness (QED) is 0.554. The zero-order chi connectivity index (χ0) is 20.5. The molecule has 0 aliphatic carbocycles. The summed E-state index contributed by atoms with van der Waals surface area (Å²) in [6, 6.07) is 12.0. The van der Waals surface area contributed by atoms with Crippen LogP contribution in [0.2, 0.25) is 0 Å². The van der Waals surface area contributed by atoms with Crippen molar-refractivity contribution in [2.24, 2.45) is 10.2 Å². The van der Waals surface area contributed by atoms with Crippen LogP contribution in [0.5, 0.6) is 5.88 Å². The molecule has 3 aromatic rings. The highest BCUT2D eigenvalue weighted by Gasteiger charge is 2.21. The molecular formula is C18H17BrN4O4S. The predicted octanol–water partition coefficient (Wildman–Crippen LogP) is 4.02. The lowest BCUT2D eigenvalue weighted by Crippen LogP contribution is -2.34. The van der Waals surface area contributed by atoms with Crippen LogP contribution in [0.1, 0.15) is 5.56 Å². The fourth-order valence-corrected chi connectivity index (χ4v) is 3.82. The van der Waals surface area contributed by atoms with E-state index in [0.717, 1.165) is 20.6 Å². The van der Waals surface area contributed by atoms with Crippen molar-refractivity contribution in [3.05, 3.63) is 52.5 Å². The van der Waals surface area contributed by atoms with E-state index >= 15 is 0 Å². The lowest BCUT2D eigenvalue weighted by atomic mass is 10.2. The molecule has 3 rings (SSSR count). The average Bonchev–Trinajstić information content (AvgIpc) is 2.92. The van der Waals surface area contributed by atoms with Crippen molar-refractivity contribution in [2.45, 2.75) is 6.92 Å². The van der Waals surface area contributed by atoms with Gasteiger partial charge in [-0.05, 0) is 37.3 Å². The SMILES string of the molecule is Cc1ccc(N(CC(=O)N=Nc2c(O)[nH]c3ccc(Br)cc23)S(C)(=O)=O)cc1. The number of halogens is 1. The largest absolute Gasteiger partial charge is 0.493 e. The van der Waals surface area contributed by atoms with E-state index in [4.69, 9.17) is 0 Å². The zero-order valence-electron chi connectivity index (χ0n) is 15.0. The minimum atomic E-state index is -3.70. The number of amides is 1. The normalized spacial score (nSPS) is 12.0. The summed E-state index contributed by atoms with van der Waals surface area (Å²) >= 11 is 3.33. The fraction of sp³-hybridized carbons (Fsp3) is 0.167. The van der Waals surface area contributed by atoms with Crippen molar-refractivity contribution in [2.75, 3.05) is 17.1 Å². The molecule has 1 amide bonds. The molecule has 0 aliphatic heterocycles. The van der Waals surface area contributed by atoms with Crippen LogP contribution in [0.4, 0.5) is 11.4 Å². The maximum atomic E-state index is 12.3. The second-order valence-corrected chi connectivity index (χ2v) is 9.03. The number of aromatic amines is 1. The van der Waals surface area contributed by atoms with Gasteiger partial charge < -0.3 is 10.1 Å². The zero-order valence-corrected chi connectivity index (χ0v) is 17.5. The van der Waals surface area contributed by atoms with E-state index in [1.54, 1.807) is 42.5 Å². The Morgan fingerprint density at radius 1 is 1.21 bits per heavy atom. The summed E-state index contributed by atoms with van der Waals surface area (Å²) < 4.78 is 25.9. The molecular weight excluding hydrogens is 448 g/mol. The Hall–Kier alpha value is -2.72. The summed E-state index contributed by atoms with van der Waals surface area (Å²) in [5.74, 6) is -1.00. The summed E-state index contributed by atoms with van der Waals surface area (Å²) in [4.78, 5) is 15.0. The third-order valence-corrected chi connectivity index (χ3v) is 5.61. The Morgan fingerprint density at radius 3 is 2.54 bits per heavy atom. The van der Waals surface area contributed by atoms with Gasteiger partial charge in [-0.1, -0.05) is 33.6 Å². The highest BCUT2D eigenvalue weighted by molar-refractivity contribution is 9.10. The summed E-state index contributed by atoms with van der Waals surface area (Å²) in [6.07, 6.45) is 1.01. The first kappa shape index (κ1) is 20.0. The first-order valence-corrected chi connectivity index (χ1v) is 10.8. The molecule has 10 heteroatoms. The number of carbonyl (C=O) groups excluding carboxylic acids is 1. The van der Waals surface area contributed by atoms with E-state index in [9.17, 15) is 18.3 Å². The highest BCUT2D eigenvalue weighted by atomic mass is 79.9. The van der Waals surface area contributed by atoms with Crippen LogP contribution < -0.4 is 4.31 Å². The number of anilines is 1. The Balaban J connectivity index is 1.87. The van der Waals surface area contributed by atoms with Crippen LogP contribution in [-0.2, 0) is 14.8 Å². The monoisotopic (exact) mass is 464 g/mol. The fourth-order valence-electron chi connectivity index (χ4n) is 2.61. The number of H-pyrrole nitrogens is 1. The standard InChI is InChI=1S/C18H17BrN4O4S/c1-11-3-6-13(7-4-11)23(28(2,26)27)10-16(24)21-22-17-14-9-12(19)5-8-15(14)20-18(17)25/h3-9,20,25H,10H2,1-2H3. The Morgan fingerprint density at radius 2 is 1.89 bits per heavy atom.